The fraction of sp³-hybridized carbons (Fsp3) is 0.182. The van der Waals surface area contributed by atoms with E-state index in [1.807, 2.05) is 45.0 Å². The molecule has 2 heterocycles. The summed E-state index contributed by atoms with van der Waals surface area (Å²) in [6.45, 7) is 6.27. The molecule has 0 radical (unpaired) electrons. The number of pyridine rings is 2. The van der Waals surface area contributed by atoms with E-state index < -0.39 is 0 Å². The highest BCUT2D eigenvalue weighted by atomic mass is 16.2. The minimum atomic E-state index is -0.350. The number of amides is 2. The topological polar surface area (TPSA) is 84.0 Å². The number of carbonyl (C=O) groups is 2. The van der Waals surface area contributed by atoms with Gasteiger partial charge in [-0.05, 0) is 55.7 Å². The van der Waals surface area contributed by atoms with Crippen LogP contribution in [0, 0.1) is 20.8 Å². The zero-order valence-corrected chi connectivity index (χ0v) is 16.1. The lowest BCUT2D eigenvalue weighted by atomic mass is 10.0. The van der Waals surface area contributed by atoms with Crippen LogP contribution in [-0.2, 0) is 6.54 Å². The van der Waals surface area contributed by atoms with Gasteiger partial charge in [-0.1, -0.05) is 23.8 Å². The van der Waals surface area contributed by atoms with E-state index >= 15 is 0 Å². The van der Waals surface area contributed by atoms with Crippen LogP contribution in [0.1, 0.15) is 43.1 Å². The first-order chi connectivity index (χ1) is 13.4. The molecule has 2 aromatic heterocycles. The molecule has 0 saturated carbocycles. The van der Waals surface area contributed by atoms with Crippen LogP contribution in [0.15, 0.2) is 55.0 Å². The van der Waals surface area contributed by atoms with Crippen LogP contribution in [-0.4, -0.2) is 21.8 Å². The predicted octanol–water partition coefficient (Wildman–Crippen LogP) is 3.58. The molecular weight excluding hydrogens is 352 g/mol. The van der Waals surface area contributed by atoms with Gasteiger partial charge in [-0.25, -0.2) is 0 Å². The lowest BCUT2D eigenvalue weighted by molar-refractivity contribution is 0.0950. The number of hydrogen-bond donors (Lipinski definition) is 2. The van der Waals surface area contributed by atoms with Crippen molar-refractivity contribution in [2.45, 2.75) is 27.3 Å². The van der Waals surface area contributed by atoms with Gasteiger partial charge in [0.05, 0.1) is 0 Å². The van der Waals surface area contributed by atoms with E-state index in [9.17, 15) is 9.59 Å². The van der Waals surface area contributed by atoms with Crippen molar-refractivity contribution >= 4 is 17.5 Å². The van der Waals surface area contributed by atoms with Gasteiger partial charge < -0.3 is 10.6 Å². The largest absolute Gasteiger partial charge is 0.348 e. The normalized spacial score (nSPS) is 10.4. The molecule has 1 aromatic carbocycles. The van der Waals surface area contributed by atoms with Crippen LogP contribution in [0.3, 0.4) is 0 Å². The van der Waals surface area contributed by atoms with Crippen molar-refractivity contribution in [2.24, 2.45) is 0 Å². The Hall–Kier alpha value is -3.54. The minimum absolute atomic E-state index is 0.188. The molecule has 3 rings (SSSR count). The smallest absolute Gasteiger partial charge is 0.274 e. The molecule has 0 fully saturated rings. The highest BCUT2D eigenvalue weighted by Crippen LogP contribution is 2.22. The molecule has 2 amide bonds. The molecule has 0 aliphatic rings. The summed E-state index contributed by atoms with van der Waals surface area (Å²) < 4.78 is 0. The molecule has 6 heteroatoms. The van der Waals surface area contributed by atoms with Crippen LogP contribution >= 0.6 is 0 Å². The summed E-state index contributed by atoms with van der Waals surface area (Å²) >= 11 is 0. The highest BCUT2D eigenvalue weighted by Gasteiger charge is 2.14. The van der Waals surface area contributed by atoms with Crippen LogP contribution < -0.4 is 10.6 Å². The average Bonchev–Trinajstić information content (AvgIpc) is 2.69. The molecule has 0 saturated heterocycles. The molecule has 142 valence electrons. The van der Waals surface area contributed by atoms with Crippen molar-refractivity contribution in [3.8, 4) is 0 Å². The van der Waals surface area contributed by atoms with Crippen molar-refractivity contribution in [1.82, 2.24) is 15.3 Å². The van der Waals surface area contributed by atoms with E-state index in [0.29, 0.717) is 12.1 Å². The summed E-state index contributed by atoms with van der Waals surface area (Å²) in [6.07, 6.45) is 4.83. The summed E-state index contributed by atoms with van der Waals surface area (Å²) in [5.41, 5.74) is 5.33. The highest BCUT2D eigenvalue weighted by molar-refractivity contribution is 6.05. The second-order valence-corrected chi connectivity index (χ2v) is 6.70. The van der Waals surface area contributed by atoms with E-state index in [1.165, 1.54) is 12.3 Å². The second-order valence-electron chi connectivity index (χ2n) is 6.70. The van der Waals surface area contributed by atoms with Gasteiger partial charge in [0, 0.05) is 36.4 Å². The van der Waals surface area contributed by atoms with E-state index in [0.717, 1.165) is 27.9 Å². The first kappa shape index (κ1) is 19.2. The number of carbonyl (C=O) groups excluding carboxylic acids is 2. The van der Waals surface area contributed by atoms with E-state index in [-0.39, 0.29) is 17.5 Å². The van der Waals surface area contributed by atoms with Crippen LogP contribution in [0.4, 0.5) is 5.69 Å². The quantitative estimate of drug-likeness (QED) is 0.715. The van der Waals surface area contributed by atoms with E-state index in [1.54, 1.807) is 18.5 Å². The van der Waals surface area contributed by atoms with Crippen LogP contribution in [0.2, 0.25) is 0 Å². The summed E-state index contributed by atoms with van der Waals surface area (Å²) in [7, 11) is 0. The molecule has 0 bridgehead atoms. The third-order valence-corrected chi connectivity index (χ3v) is 4.35. The van der Waals surface area contributed by atoms with Crippen molar-refractivity contribution < 1.29 is 9.59 Å². The monoisotopic (exact) mass is 374 g/mol. The molecule has 0 unspecified atom stereocenters. The lowest BCUT2D eigenvalue weighted by Gasteiger charge is -2.13. The number of nitrogens with one attached hydrogen (secondary N) is 2. The first-order valence-corrected chi connectivity index (χ1v) is 8.96. The standard InChI is InChI=1S/C22H22N4O2/c1-14-9-15(2)20(16(3)10-14)26-22(28)19-11-18(6-8-24-19)21(27)25-13-17-5-4-7-23-12-17/h4-12H,13H2,1-3H3,(H,25,27)(H,26,28). The van der Waals surface area contributed by atoms with Gasteiger partial charge in [-0.15, -0.1) is 0 Å². The van der Waals surface area contributed by atoms with Gasteiger partial charge in [0.2, 0.25) is 0 Å². The number of hydrogen-bond acceptors (Lipinski definition) is 4. The maximum absolute atomic E-state index is 12.6. The zero-order chi connectivity index (χ0) is 20.1. The molecule has 6 nitrogen and oxygen atoms in total. The van der Waals surface area contributed by atoms with Crippen molar-refractivity contribution in [2.75, 3.05) is 5.32 Å². The SMILES string of the molecule is Cc1cc(C)c(NC(=O)c2cc(C(=O)NCc3cccnc3)ccn2)c(C)c1. The number of aryl methyl sites for hydroxylation is 3. The predicted molar refractivity (Wildman–Crippen MR) is 108 cm³/mol. The summed E-state index contributed by atoms with van der Waals surface area (Å²) in [6, 6.07) is 10.8. The Morgan fingerprint density at radius 1 is 0.964 bits per heavy atom. The van der Waals surface area contributed by atoms with Crippen molar-refractivity contribution in [3.63, 3.8) is 0 Å². The molecular formula is C22H22N4O2. The van der Waals surface area contributed by atoms with E-state index in [2.05, 4.69) is 20.6 Å². The number of nitrogens with zero attached hydrogens (tertiary/aromatic N) is 2. The molecule has 0 aliphatic carbocycles. The Bertz CT molecular complexity index is 993. The molecule has 0 spiro atoms. The summed E-state index contributed by atoms with van der Waals surface area (Å²) in [5.74, 6) is -0.625. The number of aromatic nitrogens is 2. The van der Waals surface area contributed by atoms with Gasteiger partial charge in [0.25, 0.3) is 11.8 Å². The van der Waals surface area contributed by atoms with Gasteiger partial charge in [0.1, 0.15) is 5.69 Å². The lowest BCUT2D eigenvalue weighted by Crippen LogP contribution is -2.24. The van der Waals surface area contributed by atoms with Gasteiger partial charge in [-0.3, -0.25) is 19.6 Å². The zero-order valence-electron chi connectivity index (χ0n) is 16.1. The minimum Gasteiger partial charge on any atom is -0.348 e. The Kier molecular flexibility index (Phi) is 5.79. The van der Waals surface area contributed by atoms with E-state index in [4.69, 9.17) is 0 Å². The molecule has 28 heavy (non-hydrogen) atoms. The number of rotatable bonds is 5. The van der Waals surface area contributed by atoms with Crippen molar-refractivity contribution in [3.05, 3.63) is 88.5 Å². The maximum atomic E-state index is 12.6. The summed E-state index contributed by atoms with van der Waals surface area (Å²) in [4.78, 5) is 33.2. The number of benzene rings is 1. The molecule has 3 aromatic rings. The third kappa shape index (κ3) is 4.59. The summed E-state index contributed by atoms with van der Waals surface area (Å²) in [5, 5.41) is 5.72. The van der Waals surface area contributed by atoms with Gasteiger partial charge >= 0.3 is 0 Å². The average molecular weight is 374 g/mol. The Balaban J connectivity index is 1.72. The Labute approximate surface area is 164 Å². The van der Waals surface area contributed by atoms with Gasteiger partial charge in [-0.2, -0.15) is 0 Å². The Morgan fingerprint density at radius 3 is 2.39 bits per heavy atom. The molecule has 0 aliphatic heterocycles. The maximum Gasteiger partial charge on any atom is 0.274 e. The van der Waals surface area contributed by atoms with Crippen LogP contribution in [0.25, 0.3) is 0 Å². The number of anilines is 1. The first-order valence-electron chi connectivity index (χ1n) is 8.96. The third-order valence-electron chi connectivity index (χ3n) is 4.35. The second kappa shape index (κ2) is 8.43. The van der Waals surface area contributed by atoms with Crippen molar-refractivity contribution in [1.29, 1.82) is 0 Å². The molecule has 2 N–H and O–H groups in total. The van der Waals surface area contributed by atoms with Gasteiger partial charge in [0.15, 0.2) is 0 Å². The van der Waals surface area contributed by atoms with Crippen LogP contribution in [0.5, 0.6) is 0 Å². The fourth-order valence-electron chi connectivity index (χ4n) is 3.04. The molecule has 0 atom stereocenters. The fourth-order valence-corrected chi connectivity index (χ4v) is 3.04. The Morgan fingerprint density at radius 2 is 1.71 bits per heavy atom.